The van der Waals surface area contributed by atoms with Crippen molar-refractivity contribution in [1.29, 1.82) is 0 Å². The molecule has 0 spiro atoms. The van der Waals surface area contributed by atoms with Gasteiger partial charge in [0.2, 0.25) is 0 Å². The normalized spacial score (nSPS) is 32.0. The second-order valence-corrected chi connectivity index (χ2v) is 7.32. The third kappa shape index (κ3) is 2.69. The average Bonchev–Trinajstić information content (AvgIpc) is 3.25. The van der Waals surface area contributed by atoms with E-state index in [9.17, 15) is 14.4 Å². The molecule has 1 fully saturated rings. The predicted octanol–water partition coefficient (Wildman–Crippen LogP) is 3.05. The molecule has 4 rings (SSSR count). The number of Topliss-reactive ketones (excluding diaryl/α,β-unsaturated/α-hetero) is 1. The molecule has 0 aromatic carbocycles. The van der Waals surface area contributed by atoms with Gasteiger partial charge in [-0.1, -0.05) is 19.1 Å². The molecule has 2 aliphatic heterocycles. The third-order valence-corrected chi connectivity index (χ3v) is 5.77. The first kappa shape index (κ1) is 16.8. The van der Waals surface area contributed by atoms with E-state index in [1.165, 1.54) is 6.26 Å². The van der Waals surface area contributed by atoms with Gasteiger partial charge in [-0.2, -0.15) is 0 Å². The van der Waals surface area contributed by atoms with Gasteiger partial charge >= 0.3 is 11.9 Å². The molecule has 1 aromatic rings. The van der Waals surface area contributed by atoms with E-state index in [-0.39, 0.29) is 30.7 Å². The topological polar surface area (TPSA) is 82.8 Å². The number of cyclic esters (lactones) is 2. The van der Waals surface area contributed by atoms with Crippen LogP contribution in [0.5, 0.6) is 0 Å². The minimum absolute atomic E-state index is 0.0145. The third-order valence-electron chi connectivity index (χ3n) is 5.77. The summed E-state index contributed by atoms with van der Waals surface area (Å²) in [7, 11) is 0. The fourth-order valence-electron chi connectivity index (χ4n) is 4.12. The van der Waals surface area contributed by atoms with Crippen molar-refractivity contribution in [3.05, 3.63) is 47.5 Å². The number of rotatable bonds is 1. The van der Waals surface area contributed by atoms with Crippen LogP contribution in [0.4, 0.5) is 0 Å². The Morgan fingerprint density at radius 1 is 1.23 bits per heavy atom. The number of esters is 2. The molecule has 1 aliphatic carbocycles. The molecule has 6 nitrogen and oxygen atoms in total. The Balaban J connectivity index is 1.66. The van der Waals surface area contributed by atoms with Gasteiger partial charge in [0, 0.05) is 23.8 Å². The summed E-state index contributed by atoms with van der Waals surface area (Å²) in [4.78, 5) is 37.6. The van der Waals surface area contributed by atoms with Gasteiger partial charge < -0.3 is 13.9 Å². The Bertz CT molecular complexity index is 815. The zero-order chi connectivity index (χ0) is 18.3. The summed E-state index contributed by atoms with van der Waals surface area (Å²) in [6, 6.07) is 1.75. The van der Waals surface area contributed by atoms with Crippen molar-refractivity contribution in [2.24, 2.45) is 11.3 Å². The maximum absolute atomic E-state index is 13.0. The summed E-state index contributed by atoms with van der Waals surface area (Å²) >= 11 is 0. The van der Waals surface area contributed by atoms with Crippen LogP contribution >= 0.6 is 0 Å². The van der Waals surface area contributed by atoms with Gasteiger partial charge in [-0.3, -0.25) is 9.59 Å². The average molecular weight is 356 g/mol. The van der Waals surface area contributed by atoms with E-state index in [0.717, 1.165) is 11.1 Å². The molecule has 1 aromatic heterocycles. The van der Waals surface area contributed by atoms with Crippen LogP contribution in [0.2, 0.25) is 0 Å². The van der Waals surface area contributed by atoms with E-state index >= 15 is 0 Å². The smallest absolute Gasteiger partial charge is 0.338 e. The van der Waals surface area contributed by atoms with Crippen molar-refractivity contribution in [2.45, 2.75) is 38.7 Å². The lowest BCUT2D eigenvalue weighted by Crippen LogP contribution is -2.46. The maximum Gasteiger partial charge on any atom is 0.338 e. The van der Waals surface area contributed by atoms with Crippen molar-refractivity contribution in [3.8, 4) is 0 Å². The summed E-state index contributed by atoms with van der Waals surface area (Å²) in [5.74, 6) is -1.28. The molecule has 1 saturated heterocycles. The Morgan fingerprint density at radius 3 is 2.85 bits per heavy atom. The standard InChI is InChI=1S/C20H20O6/c1-20-9-16(13-7-8-24-10-13)26-19(23)15(20)6-5-12-11-25-18(22)14(12)3-2-4-17(20)21/h2-3,7-8,10,15-16H,4-6,9,11H2,1H3/t15-,16+,20-/m1/s1. The van der Waals surface area contributed by atoms with Crippen molar-refractivity contribution in [3.63, 3.8) is 0 Å². The molecule has 0 bridgehead atoms. The molecule has 3 heterocycles. The van der Waals surface area contributed by atoms with Gasteiger partial charge in [0.1, 0.15) is 18.5 Å². The first-order valence-corrected chi connectivity index (χ1v) is 8.80. The molecular weight excluding hydrogens is 336 g/mol. The van der Waals surface area contributed by atoms with Crippen molar-refractivity contribution < 1.29 is 28.3 Å². The second-order valence-electron chi connectivity index (χ2n) is 7.32. The van der Waals surface area contributed by atoms with Crippen LogP contribution in [0.3, 0.4) is 0 Å². The van der Waals surface area contributed by atoms with Crippen LogP contribution in [0.25, 0.3) is 0 Å². The van der Waals surface area contributed by atoms with Gasteiger partial charge in [-0.25, -0.2) is 4.79 Å². The number of hydrogen-bond acceptors (Lipinski definition) is 6. The quantitative estimate of drug-likeness (QED) is 0.719. The van der Waals surface area contributed by atoms with Gasteiger partial charge in [0.05, 0.1) is 24.0 Å². The van der Waals surface area contributed by atoms with Crippen molar-refractivity contribution in [2.75, 3.05) is 6.61 Å². The van der Waals surface area contributed by atoms with Gasteiger partial charge in [0.25, 0.3) is 0 Å². The summed E-state index contributed by atoms with van der Waals surface area (Å²) in [6.07, 6.45) is 7.56. The van der Waals surface area contributed by atoms with Crippen LogP contribution in [0.15, 0.2) is 46.3 Å². The number of allylic oxidation sites excluding steroid dienone is 1. The Hall–Kier alpha value is -2.63. The zero-order valence-corrected chi connectivity index (χ0v) is 14.5. The van der Waals surface area contributed by atoms with E-state index < -0.39 is 17.4 Å². The minimum Gasteiger partial charge on any atom is -0.472 e. The van der Waals surface area contributed by atoms with Crippen LogP contribution in [-0.4, -0.2) is 24.3 Å². The lowest BCUT2D eigenvalue weighted by molar-refractivity contribution is -0.177. The highest BCUT2D eigenvalue weighted by Crippen LogP contribution is 2.48. The van der Waals surface area contributed by atoms with E-state index in [1.54, 1.807) is 24.5 Å². The molecular formula is C20H20O6. The minimum atomic E-state index is -0.816. The molecule has 3 aliphatic rings. The molecule has 0 amide bonds. The van der Waals surface area contributed by atoms with Crippen LogP contribution < -0.4 is 0 Å². The summed E-state index contributed by atoms with van der Waals surface area (Å²) in [5.41, 5.74) is 1.34. The number of furan rings is 1. The highest BCUT2D eigenvalue weighted by atomic mass is 16.5. The van der Waals surface area contributed by atoms with Crippen molar-refractivity contribution in [1.82, 2.24) is 0 Å². The molecule has 0 radical (unpaired) electrons. The molecule has 26 heavy (non-hydrogen) atoms. The lowest BCUT2D eigenvalue weighted by atomic mass is 9.65. The van der Waals surface area contributed by atoms with E-state index in [2.05, 4.69) is 0 Å². The molecule has 0 N–H and O–H groups in total. The molecule has 0 saturated carbocycles. The fourth-order valence-corrected chi connectivity index (χ4v) is 4.12. The Labute approximate surface area is 150 Å². The second kappa shape index (κ2) is 6.27. The number of ether oxygens (including phenoxy) is 2. The van der Waals surface area contributed by atoms with Gasteiger partial charge in [0.15, 0.2) is 0 Å². The summed E-state index contributed by atoms with van der Waals surface area (Å²) < 4.78 is 15.8. The van der Waals surface area contributed by atoms with Crippen LogP contribution in [0.1, 0.15) is 44.3 Å². The molecule has 6 heteroatoms. The van der Waals surface area contributed by atoms with E-state index in [4.69, 9.17) is 13.9 Å². The van der Waals surface area contributed by atoms with Crippen LogP contribution in [0, 0.1) is 11.3 Å². The van der Waals surface area contributed by atoms with E-state index in [0.29, 0.717) is 24.8 Å². The SMILES string of the molecule is C[C@@]12C[C@@H](c3ccoc3)OC(=O)[C@H]1CCC1=C(C=CCC2=O)C(=O)OC1. The number of carbonyl (C=O) groups is 3. The molecule has 0 unspecified atom stereocenters. The number of fused-ring (bicyclic) bond motifs is 1. The summed E-state index contributed by atoms with van der Waals surface area (Å²) in [6.45, 7) is 2.11. The number of hydrogen-bond donors (Lipinski definition) is 0. The monoisotopic (exact) mass is 356 g/mol. The largest absolute Gasteiger partial charge is 0.472 e. The maximum atomic E-state index is 13.0. The van der Waals surface area contributed by atoms with Crippen molar-refractivity contribution >= 4 is 17.7 Å². The molecule has 3 atom stereocenters. The Morgan fingerprint density at radius 2 is 2.08 bits per heavy atom. The first-order chi connectivity index (χ1) is 12.5. The van der Waals surface area contributed by atoms with Gasteiger partial charge in [-0.05, 0) is 24.5 Å². The highest BCUT2D eigenvalue weighted by molar-refractivity contribution is 5.96. The van der Waals surface area contributed by atoms with Crippen LogP contribution in [-0.2, 0) is 23.9 Å². The lowest BCUT2D eigenvalue weighted by Gasteiger charge is -2.42. The predicted molar refractivity (Wildman–Crippen MR) is 89.7 cm³/mol. The summed E-state index contributed by atoms with van der Waals surface area (Å²) in [5, 5.41) is 0. The Kier molecular flexibility index (Phi) is 4.05. The zero-order valence-electron chi connectivity index (χ0n) is 14.5. The number of carbonyl (C=O) groups excluding carboxylic acids is 3. The molecule has 136 valence electrons. The van der Waals surface area contributed by atoms with Gasteiger partial charge in [-0.15, -0.1) is 0 Å². The number of ketones is 1. The van der Waals surface area contributed by atoms with E-state index in [1.807, 2.05) is 6.92 Å². The first-order valence-electron chi connectivity index (χ1n) is 8.80. The fraction of sp³-hybridized carbons (Fsp3) is 0.450. The highest BCUT2D eigenvalue weighted by Gasteiger charge is 2.51.